The summed E-state index contributed by atoms with van der Waals surface area (Å²) < 4.78 is 16.8. The van der Waals surface area contributed by atoms with Crippen LogP contribution in [-0.4, -0.2) is 11.1 Å². The van der Waals surface area contributed by atoms with Gasteiger partial charge in [-0.2, -0.15) is 5.26 Å². The zero-order valence-corrected chi connectivity index (χ0v) is 18.9. The fourth-order valence-electron chi connectivity index (χ4n) is 3.35. The molecule has 0 saturated carbocycles. The summed E-state index contributed by atoms with van der Waals surface area (Å²) in [6.45, 7) is 4.32. The maximum Gasteiger partial charge on any atom is 0.255 e. The predicted octanol–water partition coefficient (Wildman–Crippen LogP) is 5.57. The van der Waals surface area contributed by atoms with Gasteiger partial charge in [0.25, 0.3) is 5.91 Å². The first-order valence-electron chi connectivity index (χ1n) is 10.7. The Morgan fingerprint density at radius 2 is 1.71 bits per heavy atom. The molecule has 0 saturated heterocycles. The van der Waals surface area contributed by atoms with Gasteiger partial charge in [-0.3, -0.25) is 4.79 Å². The summed E-state index contributed by atoms with van der Waals surface area (Å²) in [6.07, 6.45) is 0. The summed E-state index contributed by atoms with van der Waals surface area (Å²) in [6, 6.07) is 23.5. The molecule has 0 unspecified atom stereocenters. The zero-order chi connectivity index (χ0) is 23.9. The van der Waals surface area contributed by atoms with Gasteiger partial charge in [0.05, 0.1) is 22.9 Å². The van der Waals surface area contributed by atoms with E-state index in [9.17, 15) is 4.79 Å². The number of hydrogen-bond acceptors (Lipinski definition) is 6. The summed E-state index contributed by atoms with van der Waals surface area (Å²) in [5, 5.41) is 15.8. The lowest BCUT2D eigenvalue weighted by Crippen LogP contribution is -2.12. The van der Waals surface area contributed by atoms with E-state index in [1.165, 1.54) is 0 Å². The lowest BCUT2D eigenvalue weighted by molar-refractivity contribution is 0.102. The van der Waals surface area contributed by atoms with E-state index < -0.39 is 0 Å². The number of nitrogens with zero attached hydrogens (tertiary/aromatic N) is 2. The number of nitriles is 1. The molecule has 0 aliphatic heterocycles. The lowest BCUT2D eigenvalue weighted by Gasteiger charge is -2.11. The van der Waals surface area contributed by atoms with Crippen molar-refractivity contribution in [3.8, 4) is 17.6 Å². The van der Waals surface area contributed by atoms with Gasteiger partial charge >= 0.3 is 0 Å². The molecule has 1 N–H and O–H groups in total. The Kier molecular flexibility index (Phi) is 6.89. The third-order valence-electron chi connectivity index (χ3n) is 5.21. The summed E-state index contributed by atoms with van der Waals surface area (Å²) in [4.78, 5) is 12.8. The number of carbonyl (C=O) groups excluding carboxylic acids is 1. The number of nitrogens with one attached hydrogen (secondary N) is 1. The SMILES string of the molecule is Cc1noc(C)c1COc1cccc(C(=O)Nc2cccc(OCc3cccc(C#N)c3)c2)c1. The zero-order valence-electron chi connectivity index (χ0n) is 18.9. The van der Waals surface area contributed by atoms with Crippen LogP contribution in [0.15, 0.2) is 77.3 Å². The molecule has 0 atom stereocenters. The normalized spacial score (nSPS) is 10.4. The van der Waals surface area contributed by atoms with Gasteiger partial charge in [-0.1, -0.05) is 29.4 Å². The summed E-state index contributed by atoms with van der Waals surface area (Å²) in [5.74, 6) is 1.63. The molecule has 0 radical (unpaired) electrons. The van der Waals surface area contributed by atoms with Gasteiger partial charge in [-0.05, 0) is 61.9 Å². The van der Waals surface area contributed by atoms with Crippen LogP contribution in [0, 0.1) is 25.2 Å². The fraction of sp³-hybridized carbons (Fsp3) is 0.148. The molecule has 1 amide bonds. The van der Waals surface area contributed by atoms with Crippen molar-refractivity contribution in [2.24, 2.45) is 0 Å². The smallest absolute Gasteiger partial charge is 0.255 e. The predicted molar refractivity (Wildman–Crippen MR) is 127 cm³/mol. The molecule has 1 aromatic heterocycles. The highest BCUT2D eigenvalue weighted by Crippen LogP contribution is 2.22. The van der Waals surface area contributed by atoms with Crippen molar-refractivity contribution in [1.82, 2.24) is 5.16 Å². The van der Waals surface area contributed by atoms with Crippen LogP contribution in [-0.2, 0) is 13.2 Å². The van der Waals surface area contributed by atoms with Gasteiger partial charge in [-0.25, -0.2) is 0 Å². The Hall–Kier alpha value is -4.57. The third kappa shape index (κ3) is 5.61. The Labute approximate surface area is 197 Å². The highest BCUT2D eigenvalue weighted by molar-refractivity contribution is 6.04. The van der Waals surface area contributed by atoms with E-state index in [1.54, 1.807) is 54.6 Å². The average molecular weight is 453 g/mol. The molecule has 1 heterocycles. The topological polar surface area (TPSA) is 97.4 Å². The number of ether oxygens (including phenoxy) is 2. The molecule has 3 aromatic carbocycles. The number of carbonyl (C=O) groups is 1. The number of anilines is 1. The van der Waals surface area contributed by atoms with Crippen LogP contribution in [0.1, 0.15) is 38.5 Å². The molecule has 0 fully saturated rings. The molecule has 0 aliphatic carbocycles. The van der Waals surface area contributed by atoms with Crippen LogP contribution in [0.25, 0.3) is 0 Å². The standard InChI is InChI=1S/C27H23N3O4/c1-18-26(19(2)34-30-18)17-33-24-10-4-8-22(13-24)27(31)29-23-9-5-11-25(14-23)32-16-21-7-3-6-20(12-21)15-28/h3-14H,16-17H2,1-2H3,(H,29,31). The minimum atomic E-state index is -0.262. The first-order valence-corrected chi connectivity index (χ1v) is 10.7. The van der Waals surface area contributed by atoms with Gasteiger partial charge in [0.15, 0.2) is 0 Å². The van der Waals surface area contributed by atoms with E-state index >= 15 is 0 Å². The second-order valence-electron chi connectivity index (χ2n) is 7.70. The number of amides is 1. The summed E-state index contributed by atoms with van der Waals surface area (Å²) in [5.41, 5.74) is 4.23. The van der Waals surface area contributed by atoms with Crippen molar-refractivity contribution in [2.75, 3.05) is 5.32 Å². The van der Waals surface area contributed by atoms with E-state index in [0.29, 0.717) is 47.3 Å². The van der Waals surface area contributed by atoms with Crippen molar-refractivity contribution in [1.29, 1.82) is 5.26 Å². The molecule has 4 rings (SSSR count). The van der Waals surface area contributed by atoms with Crippen LogP contribution in [0.4, 0.5) is 5.69 Å². The molecular formula is C27H23N3O4. The van der Waals surface area contributed by atoms with Gasteiger partial charge in [0.1, 0.15) is 30.5 Å². The van der Waals surface area contributed by atoms with Crippen molar-refractivity contribution in [2.45, 2.75) is 27.1 Å². The van der Waals surface area contributed by atoms with Crippen LogP contribution in [0.3, 0.4) is 0 Å². The quantitative estimate of drug-likeness (QED) is 0.374. The number of aromatic nitrogens is 1. The van der Waals surface area contributed by atoms with E-state index in [0.717, 1.165) is 16.8 Å². The molecule has 0 aliphatic rings. The monoisotopic (exact) mass is 453 g/mol. The third-order valence-corrected chi connectivity index (χ3v) is 5.21. The Morgan fingerprint density at radius 3 is 2.47 bits per heavy atom. The van der Waals surface area contributed by atoms with E-state index in [4.69, 9.17) is 19.3 Å². The number of hydrogen-bond donors (Lipinski definition) is 1. The Balaban J connectivity index is 1.38. The van der Waals surface area contributed by atoms with Gasteiger partial charge in [-0.15, -0.1) is 0 Å². The van der Waals surface area contributed by atoms with Gasteiger partial charge in [0, 0.05) is 17.3 Å². The first kappa shape index (κ1) is 22.6. The largest absolute Gasteiger partial charge is 0.489 e. The van der Waals surface area contributed by atoms with Crippen molar-refractivity contribution >= 4 is 11.6 Å². The molecule has 0 bridgehead atoms. The number of rotatable bonds is 8. The van der Waals surface area contributed by atoms with E-state index in [1.807, 2.05) is 32.0 Å². The van der Waals surface area contributed by atoms with Crippen LogP contribution in [0.5, 0.6) is 11.5 Å². The Bertz CT molecular complexity index is 1330. The van der Waals surface area contributed by atoms with E-state index in [-0.39, 0.29) is 5.91 Å². The van der Waals surface area contributed by atoms with Crippen molar-refractivity contribution in [3.63, 3.8) is 0 Å². The maximum atomic E-state index is 12.8. The van der Waals surface area contributed by atoms with Crippen molar-refractivity contribution < 1.29 is 18.8 Å². The molecule has 7 heteroatoms. The summed E-state index contributed by atoms with van der Waals surface area (Å²) >= 11 is 0. The maximum absolute atomic E-state index is 12.8. The van der Waals surface area contributed by atoms with Crippen LogP contribution < -0.4 is 14.8 Å². The van der Waals surface area contributed by atoms with Gasteiger partial charge in [0.2, 0.25) is 0 Å². The molecule has 170 valence electrons. The minimum absolute atomic E-state index is 0.262. The lowest BCUT2D eigenvalue weighted by atomic mass is 10.1. The van der Waals surface area contributed by atoms with Crippen LogP contribution >= 0.6 is 0 Å². The summed E-state index contributed by atoms with van der Waals surface area (Å²) in [7, 11) is 0. The first-order chi connectivity index (χ1) is 16.5. The second-order valence-corrected chi connectivity index (χ2v) is 7.70. The minimum Gasteiger partial charge on any atom is -0.489 e. The highest BCUT2D eigenvalue weighted by Gasteiger charge is 2.12. The van der Waals surface area contributed by atoms with Crippen LogP contribution in [0.2, 0.25) is 0 Å². The Morgan fingerprint density at radius 1 is 0.971 bits per heavy atom. The highest BCUT2D eigenvalue weighted by atomic mass is 16.5. The molecular weight excluding hydrogens is 430 g/mol. The molecule has 0 spiro atoms. The number of benzene rings is 3. The van der Waals surface area contributed by atoms with E-state index in [2.05, 4.69) is 16.5 Å². The fourth-order valence-corrected chi connectivity index (χ4v) is 3.35. The van der Waals surface area contributed by atoms with Gasteiger partial charge < -0.3 is 19.3 Å². The molecule has 34 heavy (non-hydrogen) atoms. The van der Waals surface area contributed by atoms with Crippen molar-refractivity contribution in [3.05, 3.63) is 107 Å². The average Bonchev–Trinajstić information content (AvgIpc) is 3.19. The molecule has 7 nitrogen and oxygen atoms in total. The number of aryl methyl sites for hydroxylation is 2. The molecule has 4 aromatic rings. The second kappa shape index (κ2) is 10.4.